The van der Waals surface area contributed by atoms with E-state index in [0.29, 0.717) is 0 Å². The van der Waals surface area contributed by atoms with E-state index < -0.39 is 0 Å². The summed E-state index contributed by atoms with van der Waals surface area (Å²) in [5.41, 5.74) is 0. The molecule has 0 saturated carbocycles. The summed E-state index contributed by atoms with van der Waals surface area (Å²) in [5.74, 6) is -0.157. The van der Waals surface area contributed by atoms with Gasteiger partial charge in [0.15, 0.2) is 0 Å². The fourth-order valence-corrected chi connectivity index (χ4v) is 0.285. The summed E-state index contributed by atoms with van der Waals surface area (Å²) in [6.45, 7) is 0. The Morgan fingerprint density at radius 3 is 2.12 bits per heavy atom. The van der Waals surface area contributed by atoms with Crippen LogP contribution in [0.4, 0.5) is 0 Å². The molecule has 1 aliphatic rings. The van der Waals surface area contributed by atoms with E-state index in [-0.39, 0.29) is 30.7 Å². The molecule has 0 atom stereocenters. The van der Waals surface area contributed by atoms with E-state index in [9.17, 15) is 4.79 Å². The lowest BCUT2D eigenvalue weighted by Gasteiger charge is -1.62. The van der Waals surface area contributed by atoms with Crippen LogP contribution < -0.4 is 0 Å². The average molecular weight is 154 g/mol. The molecule has 1 aliphatic heterocycles. The predicted octanol–water partition coefficient (Wildman–Crippen LogP) is 0.997. The standard InChI is InChI=1S/C4H3NO.2ClH/c6-4-2-1-3-5-4;;/h1-3H;2*1H. The number of hydrogen-bond acceptors (Lipinski definition) is 1. The highest BCUT2D eigenvalue weighted by atomic mass is 35.5. The number of allylic oxidation sites excluding steroid dienone is 1. The van der Waals surface area contributed by atoms with Gasteiger partial charge in [0.05, 0.1) is 0 Å². The number of amides is 1. The number of carbonyl (C=O) groups is 1. The highest BCUT2D eigenvalue weighted by Crippen LogP contribution is 1.83. The average Bonchev–Trinajstić information content (AvgIpc) is 1.86. The molecule has 1 amide bonds. The molecule has 0 bridgehead atoms. The van der Waals surface area contributed by atoms with Crippen molar-refractivity contribution in [3.8, 4) is 0 Å². The van der Waals surface area contributed by atoms with Gasteiger partial charge in [0, 0.05) is 12.3 Å². The molecule has 0 fully saturated rings. The molecular formula is C4H5Cl2NO. The van der Waals surface area contributed by atoms with Gasteiger partial charge in [-0.05, 0) is 6.08 Å². The van der Waals surface area contributed by atoms with E-state index in [0.717, 1.165) is 0 Å². The van der Waals surface area contributed by atoms with Crippen LogP contribution in [0.2, 0.25) is 0 Å². The number of rotatable bonds is 0. The first-order valence-electron chi connectivity index (χ1n) is 1.64. The molecule has 0 aromatic heterocycles. The SMILES string of the molecule is Cl.Cl.O=C1C=CC=N1. The molecular weight excluding hydrogens is 149 g/mol. The molecule has 0 saturated heterocycles. The van der Waals surface area contributed by atoms with E-state index in [2.05, 4.69) is 4.99 Å². The van der Waals surface area contributed by atoms with Crippen LogP contribution in [-0.2, 0) is 4.79 Å². The van der Waals surface area contributed by atoms with E-state index in [1.54, 1.807) is 6.08 Å². The lowest BCUT2D eigenvalue weighted by atomic mass is 10.6. The smallest absolute Gasteiger partial charge is 0.267 e. The number of nitrogens with zero attached hydrogens (tertiary/aromatic N) is 1. The molecule has 1 heterocycles. The Hall–Kier alpha value is -0.340. The van der Waals surface area contributed by atoms with E-state index in [1.807, 2.05) is 0 Å². The summed E-state index contributed by atoms with van der Waals surface area (Å²) in [5, 5.41) is 0. The van der Waals surface area contributed by atoms with Crippen molar-refractivity contribution < 1.29 is 4.79 Å². The zero-order valence-electron chi connectivity index (χ0n) is 3.90. The highest BCUT2D eigenvalue weighted by molar-refractivity contribution is 6.03. The quantitative estimate of drug-likeness (QED) is 0.511. The van der Waals surface area contributed by atoms with Crippen molar-refractivity contribution in [2.75, 3.05) is 0 Å². The van der Waals surface area contributed by atoms with Crippen molar-refractivity contribution in [2.24, 2.45) is 4.99 Å². The maximum Gasteiger partial charge on any atom is 0.269 e. The summed E-state index contributed by atoms with van der Waals surface area (Å²) in [4.78, 5) is 13.3. The number of aliphatic imine (C=N–C) groups is 1. The second kappa shape index (κ2) is 4.81. The van der Waals surface area contributed by atoms with Crippen LogP contribution in [0.15, 0.2) is 17.1 Å². The molecule has 2 nitrogen and oxygen atoms in total. The Balaban J connectivity index is 0. The molecule has 0 unspecified atom stereocenters. The van der Waals surface area contributed by atoms with Gasteiger partial charge in [0.25, 0.3) is 5.91 Å². The van der Waals surface area contributed by atoms with Gasteiger partial charge in [-0.3, -0.25) is 4.79 Å². The van der Waals surface area contributed by atoms with Crippen molar-refractivity contribution in [2.45, 2.75) is 0 Å². The molecule has 0 aliphatic carbocycles. The van der Waals surface area contributed by atoms with Crippen LogP contribution in [-0.4, -0.2) is 12.1 Å². The fourth-order valence-electron chi connectivity index (χ4n) is 0.285. The van der Waals surface area contributed by atoms with Crippen LogP contribution in [0.25, 0.3) is 0 Å². The Kier molecular flexibility index (Phi) is 6.38. The summed E-state index contributed by atoms with van der Waals surface area (Å²) >= 11 is 0. The number of halogens is 2. The third-order valence-corrected chi connectivity index (χ3v) is 0.527. The molecule has 46 valence electrons. The molecule has 0 aromatic carbocycles. The first-order valence-corrected chi connectivity index (χ1v) is 1.64. The minimum absolute atomic E-state index is 0. The predicted molar refractivity (Wildman–Crippen MR) is 37.1 cm³/mol. The van der Waals surface area contributed by atoms with Gasteiger partial charge < -0.3 is 0 Å². The van der Waals surface area contributed by atoms with Crippen LogP contribution in [0.5, 0.6) is 0 Å². The van der Waals surface area contributed by atoms with Crippen LogP contribution in [0, 0.1) is 0 Å². The van der Waals surface area contributed by atoms with E-state index in [1.165, 1.54) is 12.3 Å². The lowest BCUT2D eigenvalue weighted by Crippen LogP contribution is -1.75. The second-order valence-corrected chi connectivity index (χ2v) is 0.976. The van der Waals surface area contributed by atoms with Gasteiger partial charge in [0.1, 0.15) is 0 Å². The van der Waals surface area contributed by atoms with Gasteiger partial charge >= 0.3 is 0 Å². The summed E-state index contributed by atoms with van der Waals surface area (Å²) in [6.07, 6.45) is 4.50. The van der Waals surface area contributed by atoms with Crippen molar-refractivity contribution in [1.29, 1.82) is 0 Å². The maximum atomic E-state index is 9.96. The zero-order valence-corrected chi connectivity index (χ0v) is 5.54. The van der Waals surface area contributed by atoms with Crippen molar-refractivity contribution in [1.82, 2.24) is 0 Å². The monoisotopic (exact) mass is 153 g/mol. The molecule has 8 heavy (non-hydrogen) atoms. The van der Waals surface area contributed by atoms with Crippen LogP contribution in [0.3, 0.4) is 0 Å². The molecule has 4 heteroatoms. The largest absolute Gasteiger partial charge is 0.269 e. The normalized spacial score (nSPS) is 12.8. The van der Waals surface area contributed by atoms with Gasteiger partial charge in [-0.25, -0.2) is 4.99 Å². The van der Waals surface area contributed by atoms with Gasteiger partial charge in [-0.2, -0.15) is 0 Å². The summed E-state index contributed by atoms with van der Waals surface area (Å²) < 4.78 is 0. The number of hydrogen-bond donors (Lipinski definition) is 0. The molecule has 0 N–H and O–H groups in total. The fraction of sp³-hybridized carbons (Fsp3) is 0. The summed E-state index contributed by atoms with van der Waals surface area (Å²) in [6, 6.07) is 0. The molecule has 0 radical (unpaired) electrons. The third-order valence-electron chi connectivity index (χ3n) is 0.527. The van der Waals surface area contributed by atoms with Crippen LogP contribution >= 0.6 is 24.8 Å². The minimum atomic E-state index is -0.157. The van der Waals surface area contributed by atoms with Gasteiger partial charge in [-0.15, -0.1) is 24.8 Å². The van der Waals surface area contributed by atoms with Crippen LogP contribution in [0.1, 0.15) is 0 Å². The highest BCUT2D eigenvalue weighted by Gasteiger charge is 1.90. The topological polar surface area (TPSA) is 29.4 Å². The Morgan fingerprint density at radius 2 is 2.00 bits per heavy atom. The van der Waals surface area contributed by atoms with Gasteiger partial charge in [-0.1, -0.05) is 0 Å². The van der Waals surface area contributed by atoms with Crippen molar-refractivity contribution in [3.05, 3.63) is 12.2 Å². The summed E-state index contributed by atoms with van der Waals surface area (Å²) in [7, 11) is 0. The molecule has 0 spiro atoms. The Bertz CT molecular complexity index is 116. The third kappa shape index (κ3) is 2.77. The Labute approximate surface area is 59.5 Å². The maximum absolute atomic E-state index is 9.96. The van der Waals surface area contributed by atoms with E-state index in [4.69, 9.17) is 0 Å². The zero-order chi connectivity index (χ0) is 4.41. The molecule has 1 rings (SSSR count). The second-order valence-electron chi connectivity index (χ2n) is 0.976. The van der Waals surface area contributed by atoms with Gasteiger partial charge in [0.2, 0.25) is 0 Å². The van der Waals surface area contributed by atoms with Crippen molar-refractivity contribution in [3.63, 3.8) is 0 Å². The Morgan fingerprint density at radius 1 is 1.38 bits per heavy atom. The van der Waals surface area contributed by atoms with Crippen molar-refractivity contribution >= 4 is 36.9 Å². The van der Waals surface area contributed by atoms with E-state index >= 15 is 0 Å². The molecule has 0 aromatic rings. The first kappa shape index (κ1) is 10.6. The first-order chi connectivity index (χ1) is 2.89. The minimum Gasteiger partial charge on any atom is -0.267 e. The lowest BCUT2D eigenvalue weighted by molar-refractivity contribution is -0.113. The number of carbonyl (C=O) groups excluding carboxylic acids is 1.